The number of hydrogen-bond acceptors (Lipinski definition) is 3. The summed E-state index contributed by atoms with van der Waals surface area (Å²) in [6, 6.07) is 21.8. The summed E-state index contributed by atoms with van der Waals surface area (Å²) in [5.74, 6) is 0. The highest BCUT2D eigenvalue weighted by molar-refractivity contribution is 5.32. The Balaban J connectivity index is 1.76. The highest BCUT2D eigenvalue weighted by Crippen LogP contribution is 2.48. The Labute approximate surface area is 157 Å². The second-order valence-electron chi connectivity index (χ2n) is 9.01. The zero-order valence-corrected chi connectivity index (χ0v) is 16.1. The highest BCUT2D eigenvalue weighted by Gasteiger charge is 2.55. The number of likely N-dealkylation sites (tertiary alicyclic amines) is 2. The van der Waals surface area contributed by atoms with Gasteiger partial charge in [-0.3, -0.25) is 4.90 Å². The molecule has 2 aliphatic rings. The molecule has 0 spiro atoms. The van der Waals surface area contributed by atoms with Crippen molar-refractivity contribution in [3.05, 3.63) is 71.8 Å². The normalized spacial score (nSPS) is 32.7. The van der Waals surface area contributed by atoms with Crippen LogP contribution in [-0.4, -0.2) is 54.2 Å². The maximum Gasteiger partial charge on any atom is 0.0696 e. The van der Waals surface area contributed by atoms with Crippen LogP contribution >= 0.6 is 0 Å². The van der Waals surface area contributed by atoms with Gasteiger partial charge in [-0.1, -0.05) is 74.5 Å². The lowest BCUT2D eigenvalue weighted by Gasteiger charge is -2.60. The predicted molar refractivity (Wildman–Crippen MR) is 106 cm³/mol. The minimum absolute atomic E-state index is 0.109. The average Bonchev–Trinajstić information content (AvgIpc) is 2.60. The number of hydrogen-bond donors (Lipinski definition) is 1. The second-order valence-corrected chi connectivity index (χ2v) is 9.01. The number of nitrogens with zero attached hydrogens (tertiary/aromatic N) is 2. The van der Waals surface area contributed by atoms with Crippen molar-refractivity contribution in [2.45, 2.75) is 26.0 Å². The van der Waals surface area contributed by atoms with Crippen molar-refractivity contribution in [1.29, 1.82) is 0 Å². The molecule has 3 nitrogen and oxygen atoms in total. The zero-order valence-electron chi connectivity index (χ0n) is 16.1. The first-order valence-electron chi connectivity index (χ1n) is 9.62. The fourth-order valence-electron chi connectivity index (χ4n) is 5.63. The van der Waals surface area contributed by atoms with Gasteiger partial charge in [0.15, 0.2) is 0 Å². The lowest BCUT2D eigenvalue weighted by atomic mass is 9.62. The molecule has 138 valence electrons. The third kappa shape index (κ3) is 2.98. The molecule has 1 unspecified atom stereocenters. The van der Waals surface area contributed by atoms with Crippen molar-refractivity contribution in [2.75, 3.05) is 33.2 Å². The summed E-state index contributed by atoms with van der Waals surface area (Å²) in [6.45, 7) is 8.20. The molecule has 4 rings (SSSR count). The van der Waals surface area contributed by atoms with Gasteiger partial charge in [-0.05, 0) is 18.2 Å². The number of aliphatic hydroxyl groups excluding tert-OH is 1. The van der Waals surface area contributed by atoms with Gasteiger partial charge in [0.25, 0.3) is 0 Å². The first-order valence-corrected chi connectivity index (χ1v) is 9.62. The van der Waals surface area contributed by atoms with Gasteiger partial charge in [-0.2, -0.15) is 0 Å². The van der Waals surface area contributed by atoms with Crippen LogP contribution in [-0.2, 0) is 0 Å². The Hall–Kier alpha value is -1.68. The lowest BCUT2D eigenvalue weighted by Crippen LogP contribution is -2.69. The van der Waals surface area contributed by atoms with Crippen molar-refractivity contribution in [3.8, 4) is 0 Å². The van der Waals surface area contributed by atoms with Crippen LogP contribution in [0.4, 0.5) is 0 Å². The monoisotopic (exact) mass is 350 g/mol. The van der Waals surface area contributed by atoms with Gasteiger partial charge in [0.1, 0.15) is 0 Å². The van der Waals surface area contributed by atoms with E-state index in [2.05, 4.69) is 91.4 Å². The molecular formula is C23H30N2O. The molecule has 2 fully saturated rings. The summed E-state index contributed by atoms with van der Waals surface area (Å²) in [5.41, 5.74) is 2.44. The van der Waals surface area contributed by atoms with E-state index in [1.54, 1.807) is 0 Å². The van der Waals surface area contributed by atoms with Crippen LogP contribution < -0.4 is 0 Å². The molecule has 1 N–H and O–H groups in total. The van der Waals surface area contributed by atoms with Crippen LogP contribution in [0, 0.1) is 10.8 Å². The zero-order chi connectivity index (χ0) is 18.4. The van der Waals surface area contributed by atoms with Crippen LogP contribution in [0.3, 0.4) is 0 Å². The quantitative estimate of drug-likeness (QED) is 0.919. The summed E-state index contributed by atoms with van der Waals surface area (Å²) < 4.78 is 0. The van der Waals surface area contributed by atoms with E-state index in [4.69, 9.17) is 0 Å². The van der Waals surface area contributed by atoms with Gasteiger partial charge in [-0.15, -0.1) is 0 Å². The number of rotatable bonds is 3. The van der Waals surface area contributed by atoms with Crippen LogP contribution in [0.5, 0.6) is 0 Å². The molecule has 2 saturated heterocycles. The number of piperidine rings is 2. The van der Waals surface area contributed by atoms with E-state index in [-0.39, 0.29) is 23.0 Å². The SMILES string of the molecule is CN1C[C@@]2(C)CN(C(c3ccccc3)c3ccccc3)C[C@@](C)(C1)C2O. The maximum atomic E-state index is 11.1. The second kappa shape index (κ2) is 6.49. The topological polar surface area (TPSA) is 26.7 Å². The van der Waals surface area contributed by atoms with Gasteiger partial charge in [0.05, 0.1) is 12.1 Å². The van der Waals surface area contributed by atoms with E-state index >= 15 is 0 Å². The molecule has 0 aliphatic carbocycles. The van der Waals surface area contributed by atoms with Crippen LogP contribution in [0.25, 0.3) is 0 Å². The third-order valence-corrected chi connectivity index (χ3v) is 6.31. The van der Waals surface area contributed by atoms with E-state index in [0.717, 1.165) is 26.2 Å². The molecule has 2 bridgehead atoms. The predicted octanol–water partition coefficient (Wildman–Crippen LogP) is 3.41. The smallest absolute Gasteiger partial charge is 0.0696 e. The molecule has 2 aromatic rings. The molecule has 3 heteroatoms. The van der Waals surface area contributed by atoms with Crippen molar-refractivity contribution in [2.24, 2.45) is 10.8 Å². The minimum atomic E-state index is -0.255. The summed E-state index contributed by atoms with van der Waals surface area (Å²) in [5, 5.41) is 11.1. The number of fused-ring (bicyclic) bond motifs is 2. The van der Waals surface area contributed by atoms with Crippen LogP contribution in [0.2, 0.25) is 0 Å². The number of aliphatic hydroxyl groups is 1. The molecule has 2 aromatic carbocycles. The Kier molecular flexibility index (Phi) is 4.42. The largest absolute Gasteiger partial charge is 0.392 e. The van der Waals surface area contributed by atoms with E-state index in [1.807, 2.05) is 0 Å². The highest BCUT2D eigenvalue weighted by atomic mass is 16.3. The third-order valence-electron chi connectivity index (χ3n) is 6.31. The van der Waals surface area contributed by atoms with E-state index < -0.39 is 0 Å². The first-order chi connectivity index (χ1) is 12.4. The summed E-state index contributed by atoms with van der Waals surface area (Å²) in [7, 11) is 2.18. The Morgan fingerprint density at radius 3 is 1.65 bits per heavy atom. The van der Waals surface area contributed by atoms with E-state index in [1.165, 1.54) is 11.1 Å². The molecule has 26 heavy (non-hydrogen) atoms. The molecule has 0 aromatic heterocycles. The summed E-state index contributed by atoms with van der Waals surface area (Å²) in [6.07, 6.45) is -0.255. The van der Waals surface area contributed by atoms with Gasteiger partial charge >= 0.3 is 0 Å². The molecule has 2 aliphatic heterocycles. The molecule has 2 heterocycles. The van der Waals surface area contributed by atoms with Gasteiger partial charge in [-0.25, -0.2) is 0 Å². The fraction of sp³-hybridized carbons (Fsp3) is 0.478. The number of benzene rings is 2. The van der Waals surface area contributed by atoms with Crippen molar-refractivity contribution in [3.63, 3.8) is 0 Å². The van der Waals surface area contributed by atoms with Gasteiger partial charge in [0, 0.05) is 37.0 Å². The Morgan fingerprint density at radius 1 is 0.808 bits per heavy atom. The summed E-state index contributed by atoms with van der Waals surface area (Å²) in [4.78, 5) is 4.99. The molecule has 0 radical (unpaired) electrons. The van der Waals surface area contributed by atoms with E-state index in [0.29, 0.717) is 0 Å². The standard InChI is InChI=1S/C23H30N2O/c1-22-14-24(3)15-23(2,21(22)26)17-25(16-22)20(18-10-6-4-7-11-18)19-12-8-5-9-13-19/h4-13,20-21,26H,14-17H2,1-3H3/t21?,22-,23+. The van der Waals surface area contributed by atoms with Crippen LogP contribution in [0.15, 0.2) is 60.7 Å². The van der Waals surface area contributed by atoms with Gasteiger partial charge < -0.3 is 10.0 Å². The van der Waals surface area contributed by atoms with Crippen molar-refractivity contribution in [1.82, 2.24) is 9.80 Å². The Morgan fingerprint density at radius 2 is 1.23 bits per heavy atom. The van der Waals surface area contributed by atoms with E-state index in [9.17, 15) is 5.11 Å². The summed E-state index contributed by atoms with van der Waals surface area (Å²) >= 11 is 0. The molecule has 0 amide bonds. The van der Waals surface area contributed by atoms with Crippen molar-refractivity contribution >= 4 is 0 Å². The average molecular weight is 351 g/mol. The molecule has 0 saturated carbocycles. The maximum absolute atomic E-state index is 11.1. The molecular weight excluding hydrogens is 320 g/mol. The lowest BCUT2D eigenvalue weighted by molar-refractivity contribution is -0.175. The van der Waals surface area contributed by atoms with Crippen molar-refractivity contribution < 1.29 is 5.11 Å². The van der Waals surface area contributed by atoms with Crippen LogP contribution in [0.1, 0.15) is 31.0 Å². The first kappa shape index (κ1) is 17.7. The van der Waals surface area contributed by atoms with Gasteiger partial charge in [0.2, 0.25) is 0 Å². The molecule has 3 atom stereocenters. The Bertz CT molecular complexity index is 688. The fourth-order valence-corrected chi connectivity index (χ4v) is 5.63. The minimum Gasteiger partial charge on any atom is -0.392 e.